The van der Waals surface area contributed by atoms with Gasteiger partial charge in [0, 0.05) is 6.61 Å². The van der Waals surface area contributed by atoms with Crippen LogP contribution in [0.2, 0.25) is 0 Å². The molecule has 12 heavy (non-hydrogen) atoms. The van der Waals surface area contributed by atoms with Gasteiger partial charge in [-0.2, -0.15) is 0 Å². The summed E-state index contributed by atoms with van der Waals surface area (Å²) in [4.78, 5) is 10.3. The lowest BCUT2D eigenvalue weighted by Gasteiger charge is -2.19. The number of hydrogen-bond donors (Lipinski definition) is 2. The fourth-order valence-corrected chi connectivity index (χ4v) is 0.804. The number of amides is 1. The van der Waals surface area contributed by atoms with Crippen LogP contribution in [0.15, 0.2) is 0 Å². The molecule has 0 bridgehead atoms. The minimum Gasteiger partial charge on any atom is -0.465 e. The molecule has 0 aromatic rings. The van der Waals surface area contributed by atoms with Crippen LogP contribution in [0.5, 0.6) is 0 Å². The van der Waals surface area contributed by atoms with Gasteiger partial charge in [0.15, 0.2) is 0 Å². The molecule has 0 heterocycles. The van der Waals surface area contributed by atoms with Gasteiger partial charge in [-0.15, -0.1) is 0 Å². The SMILES string of the molecule is CCOC[C@@H](NC(=O)O)C(C)C. The Bertz CT molecular complexity index is 136. The van der Waals surface area contributed by atoms with Gasteiger partial charge in [0.25, 0.3) is 0 Å². The number of rotatable bonds is 5. The lowest BCUT2D eigenvalue weighted by atomic mass is 10.1. The molecule has 1 amide bonds. The van der Waals surface area contributed by atoms with Gasteiger partial charge < -0.3 is 15.2 Å². The van der Waals surface area contributed by atoms with Gasteiger partial charge >= 0.3 is 6.09 Å². The monoisotopic (exact) mass is 175 g/mol. The molecular formula is C8H17NO3. The second-order valence-electron chi connectivity index (χ2n) is 2.96. The largest absolute Gasteiger partial charge is 0.465 e. The highest BCUT2D eigenvalue weighted by Gasteiger charge is 2.14. The molecule has 0 aliphatic carbocycles. The first-order chi connectivity index (χ1) is 5.57. The van der Waals surface area contributed by atoms with E-state index in [2.05, 4.69) is 5.32 Å². The molecule has 72 valence electrons. The van der Waals surface area contributed by atoms with E-state index in [-0.39, 0.29) is 12.0 Å². The average molecular weight is 175 g/mol. The first kappa shape index (κ1) is 11.2. The summed E-state index contributed by atoms with van der Waals surface area (Å²) in [7, 11) is 0. The summed E-state index contributed by atoms with van der Waals surface area (Å²) in [5.74, 6) is 0.257. The van der Waals surface area contributed by atoms with Crippen LogP contribution in [0.1, 0.15) is 20.8 Å². The van der Waals surface area contributed by atoms with Crippen LogP contribution < -0.4 is 5.32 Å². The first-order valence-corrected chi connectivity index (χ1v) is 4.15. The smallest absolute Gasteiger partial charge is 0.404 e. The number of hydrogen-bond acceptors (Lipinski definition) is 2. The summed E-state index contributed by atoms with van der Waals surface area (Å²) in [6.45, 7) is 6.86. The van der Waals surface area contributed by atoms with Crippen molar-refractivity contribution in [3.63, 3.8) is 0 Å². The molecule has 0 aliphatic rings. The van der Waals surface area contributed by atoms with Crippen molar-refractivity contribution >= 4 is 6.09 Å². The molecule has 0 radical (unpaired) electrons. The van der Waals surface area contributed by atoms with Gasteiger partial charge in [-0.25, -0.2) is 4.79 Å². The highest BCUT2D eigenvalue weighted by atomic mass is 16.5. The van der Waals surface area contributed by atoms with Crippen molar-refractivity contribution in [3.05, 3.63) is 0 Å². The van der Waals surface area contributed by atoms with Gasteiger partial charge in [-0.1, -0.05) is 13.8 Å². The minimum absolute atomic E-state index is 0.109. The predicted molar refractivity (Wildman–Crippen MR) is 46.3 cm³/mol. The van der Waals surface area contributed by atoms with Gasteiger partial charge in [0.2, 0.25) is 0 Å². The Morgan fingerprint density at radius 2 is 2.17 bits per heavy atom. The third kappa shape index (κ3) is 4.96. The molecule has 0 saturated heterocycles. The Kier molecular flexibility index (Phi) is 5.45. The van der Waals surface area contributed by atoms with Crippen molar-refractivity contribution in [2.24, 2.45) is 5.92 Å². The second-order valence-corrected chi connectivity index (χ2v) is 2.96. The quantitative estimate of drug-likeness (QED) is 0.662. The lowest BCUT2D eigenvalue weighted by Crippen LogP contribution is -2.41. The molecule has 4 heteroatoms. The molecule has 0 aromatic heterocycles. The molecule has 0 fully saturated rings. The van der Waals surface area contributed by atoms with Crippen molar-refractivity contribution in [2.45, 2.75) is 26.8 Å². The topological polar surface area (TPSA) is 58.6 Å². The van der Waals surface area contributed by atoms with E-state index in [1.54, 1.807) is 0 Å². The van der Waals surface area contributed by atoms with E-state index in [1.807, 2.05) is 20.8 Å². The maximum Gasteiger partial charge on any atom is 0.404 e. The predicted octanol–water partition coefficient (Wildman–Crippen LogP) is 1.32. The van der Waals surface area contributed by atoms with Gasteiger partial charge in [0.05, 0.1) is 12.6 Å². The summed E-state index contributed by atoms with van der Waals surface area (Å²) >= 11 is 0. The molecule has 0 spiro atoms. The summed E-state index contributed by atoms with van der Waals surface area (Å²) in [5, 5.41) is 10.9. The van der Waals surface area contributed by atoms with Crippen LogP contribution in [0, 0.1) is 5.92 Å². The van der Waals surface area contributed by atoms with Gasteiger partial charge in [0.1, 0.15) is 0 Å². The lowest BCUT2D eigenvalue weighted by molar-refractivity contribution is 0.104. The number of nitrogens with one attached hydrogen (secondary N) is 1. The van der Waals surface area contributed by atoms with Gasteiger partial charge in [-0.3, -0.25) is 0 Å². The Balaban J connectivity index is 3.78. The molecular weight excluding hydrogens is 158 g/mol. The van der Waals surface area contributed by atoms with E-state index in [0.29, 0.717) is 13.2 Å². The van der Waals surface area contributed by atoms with E-state index < -0.39 is 6.09 Å². The zero-order valence-electron chi connectivity index (χ0n) is 7.83. The fraction of sp³-hybridized carbons (Fsp3) is 0.875. The minimum atomic E-state index is -0.992. The Morgan fingerprint density at radius 1 is 1.58 bits per heavy atom. The molecule has 4 nitrogen and oxygen atoms in total. The van der Waals surface area contributed by atoms with E-state index in [9.17, 15) is 4.79 Å². The van der Waals surface area contributed by atoms with E-state index in [1.165, 1.54) is 0 Å². The molecule has 0 aliphatic heterocycles. The summed E-state index contributed by atoms with van der Waals surface area (Å²) in [5.41, 5.74) is 0. The number of ether oxygens (including phenoxy) is 1. The summed E-state index contributed by atoms with van der Waals surface area (Å²) in [6, 6.07) is -0.109. The van der Waals surface area contributed by atoms with Crippen LogP contribution >= 0.6 is 0 Å². The maximum atomic E-state index is 10.3. The Labute approximate surface area is 72.9 Å². The van der Waals surface area contributed by atoms with Crippen LogP contribution in [-0.2, 0) is 4.74 Å². The first-order valence-electron chi connectivity index (χ1n) is 4.15. The second kappa shape index (κ2) is 5.83. The zero-order chi connectivity index (χ0) is 9.56. The number of carboxylic acid groups (broad SMARTS) is 1. The van der Waals surface area contributed by atoms with E-state index >= 15 is 0 Å². The number of carbonyl (C=O) groups is 1. The third-order valence-corrected chi connectivity index (χ3v) is 1.62. The molecule has 0 aromatic carbocycles. The molecule has 1 atom stereocenters. The van der Waals surface area contributed by atoms with Crippen molar-refractivity contribution in [2.75, 3.05) is 13.2 Å². The molecule has 0 saturated carbocycles. The molecule has 2 N–H and O–H groups in total. The normalized spacial score (nSPS) is 13.0. The van der Waals surface area contributed by atoms with Gasteiger partial charge in [-0.05, 0) is 12.8 Å². The molecule has 0 rings (SSSR count). The molecule has 0 unspecified atom stereocenters. The highest BCUT2D eigenvalue weighted by Crippen LogP contribution is 2.01. The van der Waals surface area contributed by atoms with Crippen molar-refractivity contribution in [1.82, 2.24) is 5.32 Å². The third-order valence-electron chi connectivity index (χ3n) is 1.62. The van der Waals surface area contributed by atoms with Crippen molar-refractivity contribution in [3.8, 4) is 0 Å². The Hall–Kier alpha value is -0.770. The van der Waals surface area contributed by atoms with E-state index in [4.69, 9.17) is 9.84 Å². The maximum absolute atomic E-state index is 10.3. The summed E-state index contributed by atoms with van der Waals surface area (Å²) in [6.07, 6.45) is -0.992. The van der Waals surface area contributed by atoms with Crippen LogP contribution in [-0.4, -0.2) is 30.5 Å². The standard InChI is InChI=1S/C8H17NO3/c1-4-12-5-7(6(2)3)9-8(10)11/h6-7,9H,4-5H2,1-3H3,(H,10,11)/t7-/m1/s1. The average Bonchev–Trinajstić information content (AvgIpc) is 1.96. The Morgan fingerprint density at radius 3 is 2.50 bits per heavy atom. The van der Waals surface area contributed by atoms with Crippen molar-refractivity contribution < 1.29 is 14.6 Å². The van der Waals surface area contributed by atoms with Crippen LogP contribution in [0.25, 0.3) is 0 Å². The van der Waals surface area contributed by atoms with Crippen molar-refractivity contribution in [1.29, 1.82) is 0 Å². The van der Waals surface area contributed by atoms with E-state index in [0.717, 1.165) is 0 Å². The summed E-state index contributed by atoms with van der Waals surface area (Å²) < 4.78 is 5.13. The fourth-order valence-electron chi connectivity index (χ4n) is 0.804. The van der Waals surface area contributed by atoms with Crippen LogP contribution in [0.4, 0.5) is 4.79 Å². The highest BCUT2D eigenvalue weighted by molar-refractivity contribution is 5.64. The zero-order valence-corrected chi connectivity index (χ0v) is 7.83. The van der Waals surface area contributed by atoms with Crippen LogP contribution in [0.3, 0.4) is 0 Å².